The van der Waals surface area contributed by atoms with Gasteiger partial charge in [-0.3, -0.25) is 14.7 Å². The zero-order valence-electron chi connectivity index (χ0n) is 16.3. The Kier molecular flexibility index (Phi) is 12.0. The first-order chi connectivity index (χ1) is 13.1. The number of benzene rings is 1. The number of guanidine groups is 1. The van der Waals surface area contributed by atoms with Gasteiger partial charge in [-0.05, 0) is 31.0 Å². The molecular formula is C19H31FIN5O2. The number of hydrogen-bond donors (Lipinski definition) is 3. The number of carbonyl (C=O) groups is 1. The van der Waals surface area contributed by atoms with Crippen LogP contribution in [0.15, 0.2) is 29.3 Å². The predicted molar refractivity (Wildman–Crippen MR) is 119 cm³/mol. The van der Waals surface area contributed by atoms with Gasteiger partial charge in [0.1, 0.15) is 5.82 Å². The summed E-state index contributed by atoms with van der Waals surface area (Å²) in [6.07, 6.45) is 0.437. The van der Waals surface area contributed by atoms with Crippen LogP contribution in [0.3, 0.4) is 0 Å². The van der Waals surface area contributed by atoms with Gasteiger partial charge < -0.3 is 21.1 Å². The Morgan fingerprint density at radius 1 is 1.29 bits per heavy atom. The maximum Gasteiger partial charge on any atom is 0.222 e. The van der Waals surface area contributed by atoms with Gasteiger partial charge in [0.15, 0.2) is 5.96 Å². The topological polar surface area (TPSA) is 92.0 Å². The Morgan fingerprint density at radius 3 is 2.57 bits per heavy atom. The van der Waals surface area contributed by atoms with Crippen LogP contribution in [0.4, 0.5) is 4.39 Å². The first-order valence-corrected chi connectivity index (χ1v) is 9.44. The van der Waals surface area contributed by atoms with Gasteiger partial charge in [0, 0.05) is 32.7 Å². The molecule has 0 saturated carbocycles. The molecule has 0 spiro atoms. The van der Waals surface area contributed by atoms with Crippen LogP contribution >= 0.6 is 24.0 Å². The number of nitrogens with one attached hydrogen (secondary N) is 2. The van der Waals surface area contributed by atoms with Crippen molar-refractivity contribution in [2.24, 2.45) is 16.6 Å². The van der Waals surface area contributed by atoms with Crippen LogP contribution in [0.25, 0.3) is 0 Å². The highest BCUT2D eigenvalue weighted by Gasteiger charge is 2.16. The van der Waals surface area contributed by atoms with Gasteiger partial charge in [-0.25, -0.2) is 4.39 Å². The second-order valence-electron chi connectivity index (χ2n) is 6.53. The predicted octanol–water partition coefficient (Wildman–Crippen LogP) is 0.975. The number of aliphatic imine (C=N–C) groups is 1. The molecule has 0 aromatic heterocycles. The third kappa shape index (κ3) is 9.16. The number of nitrogens with zero attached hydrogens (tertiary/aromatic N) is 2. The number of hydrogen-bond acceptors (Lipinski definition) is 4. The van der Waals surface area contributed by atoms with Gasteiger partial charge in [-0.2, -0.15) is 0 Å². The molecule has 28 heavy (non-hydrogen) atoms. The molecule has 1 aromatic rings. The number of rotatable bonds is 9. The maximum absolute atomic E-state index is 13.0. The third-order valence-corrected chi connectivity index (χ3v) is 4.44. The molecule has 1 heterocycles. The number of ether oxygens (including phenoxy) is 1. The number of nitrogens with two attached hydrogens (primary N) is 1. The number of primary amides is 1. The van der Waals surface area contributed by atoms with Gasteiger partial charge in [0.25, 0.3) is 0 Å². The second kappa shape index (κ2) is 13.7. The minimum absolute atomic E-state index is 0. The van der Waals surface area contributed by atoms with Gasteiger partial charge >= 0.3 is 0 Å². The molecule has 1 atom stereocenters. The highest BCUT2D eigenvalue weighted by molar-refractivity contribution is 14.0. The smallest absolute Gasteiger partial charge is 0.222 e. The first kappa shape index (κ1) is 24.6. The van der Waals surface area contributed by atoms with Crippen LogP contribution in [-0.4, -0.2) is 69.2 Å². The van der Waals surface area contributed by atoms with E-state index < -0.39 is 11.8 Å². The zero-order chi connectivity index (χ0) is 19.5. The molecule has 4 N–H and O–H groups in total. The van der Waals surface area contributed by atoms with Crippen LogP contribution < -0.4 is 16.4 Å². The Morgan fingerprint density at radius 2 is 1.96 bits per heavy atom. The fourth-order valence-electron chi connectivity index (χ4n) is 2.86. The molecule has 1 unspecified atom stereocenters. The van der Waals surface area contributed by atoms with Crippen molar-refractivity contribution in [1.29, 1.82) is 0 Å². The molecule has 0 radical (unpaired) electrons. The Bertz CT molecular complexity index is 609. The van der Waals surface area contributed by atoms with E-state index in [4.69, 9.17) is 10.5 Å². The van der Waals surface area contributed by atoms with Gasteiger partial charge in [-0.15, -0.1) is 24.0 Å². The van der Waals surface area contributed by atoms with Crippen molar-refractivity contribution in [2.45, 2.75) is 13.3 Å². The number of halogens is 2. The van der Waals surface area contributed by atoms with Crippen molar-refractivity contribution in [3.05, 3.63) is 35.6 Å². The Labute approximate surface area is 183 Å². The Hall–Kier alpha value is -1.46. The van der Waals surface area contributed by atoms with Crippen molar-refractivity contribution in [1.82, 2.24) is 15.5 Å². The quantitative estimate of drug-likeness (QED) is 0.263. The molecule has 2 rings (SSSR count). The van der Waals surface area contributed by atoms with Gasteiger partial charge in [0.2, 0.25) is 5.91 Å². The van der Waals surface area contributed by atoms with E-state index >= 15 is 0 Å². The lowest BCUT2D eigenvalue weighted by Crippen LogP contribution is -2.44. The molecule has 1 fully saturated rings. The zero-order valence-corrected chi connectivity index (χ0v) is 18.7. The van der Waals surface area contributed by atoms with E-state index in [2.05, 4.69) is 20.5 Å². The SMILES string of the molecule is CCNC(=NCC(Cc1ccc(F)cc1)C(N)=O)NCCN1CCOCC1.I. The minimum atomic E-state index is -0.440. The van der Waals surface area contributed by atoms with E-state index in [0.29, 0.717) is 12.4 Å². The summed E-state index contributed by atoms with van der Waals surface area (Å²) in [5, 5.41) is 6.47. The number of morpholine rings is 1. The third-order valence-electron chi connectivity index (χ3n) is 4.44. The molecule has 1 aromatic carbocycles. The number of carbonyl (C=O) groups excluding carboxylic acids is 1. The monoisotopic (exact) mass is 507 g/mol. The molecule has 9 heteroatoms. The standard InChI is InChI=1S/C19H30FN5O2.HI/c1-2-22-19(23-7-8-25-9-11-27-12-10-25)24-14-16(18(21)26)13-15-3-5-17(20)6-4-15;/h3-6,16H,2,7-14H2,1H3,(H2,21,26)(H2,22,23,24);1H. The summed E-state index contributed by atoms with van der Waals surface area (Å²) in [5.74, 6) is -0.486. The fourth-order valence-corrected chi connectivity index (χ4v) is 2.86. The lowest BCUT2D eigenvalue weighted by atomic mass is 9.99. The maximum atomic E-state index is 13.0. The lowest BCUT2D eigenvalue weighted by molar-refractivity contribution is -0.121. The average Bonchev–Trinajstić information content (AvgIpc) is 2.67. The van der Waals surface area contributed by atoms with E-state index in [9.17, 15) is 9.18 Å². The van der Waals surface area contributed by atoms with Crippen molar-refractivity contribution in [2.75, 3.05) is 52.5 Å². The largest absolute Gasteiger partial charge is 0.379 e. The normalized spacial score (nSPS) is 16.1. The van der Waals surface area contributed by atoms with Crippen LogP contribution in [0.5, 0.6) is 0 Å². The molecule has 158 valence electrons. The van der Waals surface area contributed by atoms with E-state index in [1.807, 2.05) is 6.92 Å². The van der Waals surface area contributed by atoms with Crippen molar-refractivity contribution < 1.29 is 13.9 Å². The van der Waals surface area contributed by atoms with E-state index in [1.54, 1.807) is 12.1 Å². The van der Waals surface area contributed by atoms with E-state index in [-0.39, 0.29) is 36.3 Å². The summed E-state index contributed by atoms with van der Waals surface area (Å²) in [7, 11) is 0. The summed E-state index contributed by atoms with van der Waals surface area (Å²) in [6.45, 7) is 8.09. The molecule has 7 nitrogen and oxygen atoms in total. The molecular weight excluding hydrogens is 476 g/mol. The minimum Gasteiger partial charge on any atom is -0.379 e. The van der Waals surface area contributed by atoms with Crippen LogP contribution in [0, 0.1) is 11.7 Å². The van der Waals surface area contributed by atoms with Crippen molar-refractivity contribution in [3.63, 3.8) is 0 Å². The highest BCUT2D eigenvalue weighted by Crippen LogP contribution is 2.10. The van der Waals surface area contributed by atoms with Crippen LogP contribution in [0.1, 0.15) is 12.5 Å². The van der Waals surface area contributed by atoms with Gasteiger partial charge in [-0.1, -0.05) is 12.1 Å². The first-order valence-electron chi connectivity index (χ1n) is 9.44. The summed E-state index contributed by atoms with van der Waals surface area (Å²) in [6, 6.07) is 6.10. The van der Waals surface area contributed by atoms with Crippen molar-refractivity contribution in [3.8, 4) is 0 Å². The summed E-state index contributed by atoms with van der Waals surface area (Å²) >= 11 is 0. The summed E-state index contributed by atoms with van der Waals surface area (Å²) in [5.41, 5.74) is 6.39. The molecule has 1 aliphatic rings. The molecule has 1 saturated heterocycles. The second-order valence-corrected chi connectivity index (χ2v) is 6.53. The Balaban J connectivity index is 0.00000392. The van der Waals surface area contributed by atoms with Crippen LogP contribution in [0.2, 0.25) is 0 Å². The van der Waals surface area contributed by atoms with Crippen molar-refractivity contribution >= 4 is 35.8 Å². The molecule has 0 aliphatic carbocycles. The molecule has 1 amide bonds. The fraction of sp³-hybridized carbons (Fsp3) is 0.579. The van der Waals surface area contributed by atoms with Gasteiger partial charge in [0.05, 0.1) is 25.7 Å². The lowest BCUT2D eigenvalue weighted by Gasteiger charge is -2.26. The summed E-state index contributed by atoms with van der Waals surface area (Å²) in [4.78, 5) is 18.6. The van der Waals surface area contributed by atoms with Crippen LogP contribution in [-0.2, 0) is 16.0 Å². The van der Waals surface area contributed by atoms with E-state index in [1.165, 1.54) is 12.1 Å². The average molecular weight is 507 g/mol. The molecule has 1 aliphatic heterocycles. The number of amides is 1. The molecule has 0 bridgehead atoms. The highest BCUT2D eigenvalue weighted by atomic mass is 127. The van der Waals surface area contributed by atoms with E-state index in [0.717, 1.165) is 51.5 Å². The summed E-state index contributed by atoms with van der Waals surface area (Å²) < 4.78 is 18.4.